The Morgan fingerprint density at radius 3 is 2.94 bits per heavy atom. The molecule has 0 spiro atoms. The minimum absolute atomic E-state index is 0.0921. The fraction of sp³-hybridized carbons (Fsp3) is 0.417. The van der Waals surface area contributed by atoms with Crippen LogP contribution in [-0.2, 0) is 13.0 Å². The van der Waals surface area contributed by atoms with E-state index in [9.17, 15) is 4.39 Å². The zero-order chi connectivity index (χ0) is 12.0. The molecule has 1 N–H and O–H groups in total. The average molecular weight is 224 g/mol. The maximum Gasteiger partial charge on any atom is 0.0972 e. The van der Waals surface area contributed by atoms with Gasteiger partial charge in [-0.15, -0.1) is 0 Å². The number of rotatable bonds is 5. The molecule has 0 aliphatic rings. The molecule has 0 saturated carbocycles. The van der Waals surface area contributed by atoms with Gasteiger partial charge in [0.1, 0.15) is 0 Å². The Hall–Kier alpha value is -1.42. The first-order chi connectivity index (χ1) is 7.67. The van der Waals surface area contributed by atoms with Gasteiger partial charge in [0.15, 0.2) is 0 Å². The number of aromatic nitrogens is 2. The lowest BCUT2D eigenvalue weighted by atomic mass is 10.2. The van der Waals surface area contributed by atoms with Gasteiger partial charge in [-0.25, -0.2) is 9.37 Å². The van der Waals surface area contributed by atoms with E-state index in [0.717, 1.165) is 11.3 Å². The second-order valence-corrected chi connectivity index (χ2v) is 3.58. The molecule has 1 heterocycles. The van der Waals surface area contributed by atoms with Crippen LogP contribution in [0.15, 0.2) is 36.1 Å². The monoisotopic (exact) mass is 224 g/mol. The van der Waals surface area contributed by atoms with Crippen molar-refractivity contribution in [3.05, 3.63) is 41.8 Å². The molecular formula is C12H17FN2O. The molecule has 0 aliphatic carbocycles. The van der Waals surface area contributed by atoms with Crippen molar-refractivity contribution in [3.63, 3.8) is 0 Å². The maximum atomic E-state index is 12.8. The molecule has 0 bridgehead atoms. The van der Waals surface area contributed by atoms with Crippen molar-refractivity contribution in [2.75, 3.05) is 6.61 Å². The lowest BCUT2D eigenvalue weighted by Crippen LogP contribution is -2.05. The van der Waals surface area contributed by atoms with Crippen LogP contribution in [0.5, 0.6) is 0 Å². The quantitative estimate of drug-likeness (QED) is 0.779. The van der Waals surface area contributed by atoms with Crippen molar-refractivity contribution in [1.29, 1.82) is 0 Å². The van der Waals surface area contributed by atoms with Crippen molar-refractivity contribution < 1.29 is 9.50 Å². The van der Waals surface area contributed by atoms with Crippen molar-refractivity contribution in [3.8, 4) is 0 Å². The van der Waals surface area contributed by atoms with E-state index in [2.05, 4.69) is 4.98 Å². The molecule has 3 nitrogen and oxygen atoms in total. The van der Waals surface area contributed by atoms with Gasteiger partial charge in [-0.1, -0.05) is 6.08 Å². The molecule has 0 aliphatic heterocycles. The Kier molecular flexibility index (Phi) is 4.92. The van der Waals surface area contributed by atoms with Gasteiger partial charge in [0.2, 0.25) is 0 Å². The molecule has 0 unspecified atom stereocenters. The largest absolute Gasteiger partial charge is 0.396 e. The summed E-state index contributed by atoms with van der Waals surface area (Å²) in [4.78, 5) is 4.02. The van der Waals surface area contributed by atoms with Gasteiger partial charge >= 0.3 is 0 Å². The third-order valence-electron chi connectivity index (χ3n) is 2.27. The summed E-state index contributed by atoms with van der Waals surface area (Å²) in [5, 5.41) is 8.87. The molecule has 1 aromatic heterocycles. The highest BCUT2D eigenvalue weighted by atomic mass is 19.1. The van der Waals surface area contributed by atoms with Gasteiger partial charge in [0, 0.05) is 31.5 Å². The SMILES string of the molecule is C/C=C(\C=C(/C)F)Cn1cncc1CCO. The van der Waals surface area contributed by atoms with Gasteiger partial charge < -0.3 is 9.67 Å². The Labute approximate surface area is 94.9 Å². The summed E-state index contributed by atoms with van der Waals surface area (Å²) in [6.45, 7) is 3.96. The zero-order valence-corrected chi connectivity index (χ0v) is 9.65. The van der Waals surface area contributed by atoms with Gasteiger partial charge in [0.05, 0.1) is 12.2 Å². The number of imidazole rings is 1. The van der Waals surface area contributed by atoms with E-state index in [1.165, 1.54) is 13.0 Å². The van der Waals surface area contributed by atoms with E-state index in [1.807, 2.05) is 17.6 Å². The molecule has 88 valence electrons. The molecule has 0 saturated heterocycles. The van der Waals surface area contributed by atoms with E-state index in [0.29, 0.717) is 13.0 Å². The minimum atomic E-state index is -0.211. The second-order valence-electron chi connectivity index (χ2n) is 3.58. The van der Waals surface area contributed by atoms with Gasteiger partial charge in [-0.3, -0.25) is 0 Å². The van der Waals surface area contributed by atoms with E-state index in [-0.39, 0.29) is 12.4 Å². The van der Waals surface area contributed by atoms with Gasteiger partial charge in [0.25, 0.3) is 0 Å². The molecule has 4 heteroatoms. The summed E-state index contributed by atoms with van der Waals surface area (Å²) in [7, 11) is 0. The number of aliphatic hydroxyl groups is 1. The number of halogens is 1. The average Bonchev–Trinajstić information content (AvgIpc) is 2.65. The fourth-order valence-corrected chi connectivity index (χ4v) is 1.49. The molecular weight excluding hydrogens is 207 g/mol. The van der Waals surface area contributed by atoms with Crippen molar-refractivity contribution in [1.82, 2.24) is 9.55 Å². The van der Waals surface area contributed by atoms with E-state index < -0.39 is 0 Å². The lowest BCUT2D eigenvalue weighted by Gasteiger charge is -2.07. The van der Waals surface area contributed by atoms with Crippen LogP contribution < -0.4 is 0 Å². The molecule has 0 aromatic carbocycles. The van der Waals surface area contributed by atoms with Crippen molar-refractivity contribution in [2.45, 2.75) is 26.8 Å². The van der Waals surface area contributed by atoms with E-state index in [1.54, 1.807) is 12.5 Å². The number of hydrogen-bond donors (Lipinski definition) is 1. The van der Waals surface area contributed by atoms with Crippen LogP contribution in [0.1, 0.15) is 19.5 Å². The predicted octanol–water partition coefficient (Wildman–Crippen LogP) is 2.24. The lowest BCUT2D eigenvalue weighted by molar-refractivity contribution is 0.296. The highest BCUT2D eigenvalue weighted by Crippen LogP contribution is 2.09. The first-order valence-corrected chi connectivity index (χ1v) is 5.26. The molecule has 0 amide bonds. The van der Waals surface area contributed by atoms with Crippen molar-refractivity contribution >= 4 is 0 Å². The normalized spacial score (nSPS) is 13.2. The van der Waals surface area contributed by atoms with E-state index >= 15 is 0 Å². The smallest absolute Gasteiger partial charge is 0.0972 e. The molecule has 0 radical (unpaired) electrons. The highest BCUT2D eigenvalue weighted by molar-refractivity contribution is 5.20. The van der Waals surface area contributed by atoms with Crippen LogP contribution in [0.3, 0.4) is 0 Å². The summed E-state index contributed by atoms with van der Waals surface area (Å²) in [5.74, 6) is -0.211. The minimum Gasteiger partial charge on any atom is -0.396 e. The number of nitrogens with zero attached hydrogens (tertiary/aromatic N) is 2. The number of allylic oxidation sites excluding steroid dienone is 4. The van der Waals surface area contributed by atoms with E-state index in [4.69, 9.17) is 5.11 Å². The highest BCUT2D eigenvalue weighted by Gasteiger charge is 2.02. The summed E-state index contributed by atoms with van der Waals surface area (Å²) >= 11 is 0. The molecule has 1 aromatic rings. The fourth-order valence-electron chi connectivity index (χ4n) is 1.49. The molecule has 0 atom stereocenters. The summed E-state index contributed by atoms with van der Waals surface area (Å²) in [5.41, 5.74) is 1.84. The molecule has 1 rings (SSSR count). The maximum absolute atomic E-state index is 12.8. The third kappa shape index (κ3) is 3.62. The van der Waals surface area contributed by atoms with Gasteiger partial charge in [-0.2, -0.15) is 0 Å². The standard InChI is InChI=1S/C12H17FN2O/c1-3-11(6-10(2)13)8-15-9-14-7-12(15)4-5-16/h3,6-7,9,16H,4-5,8H2,1-2H3/b10-6+,11-3+. The van der Waals surface area contributed by atoms with Gasteiger partial charge in [-0.05, 0) is 25.5 Å². The summed E-state index contributed by atoms with van der Waals surface area (Å²) in [6.07, 6.45) is 7.34. The molecule has 16 heavy (non-hydrogen) atoms. The van der Waals surface area contributed by atoms with Crippen LogP contribution in [-0.4, -0.2) is 21.3 Å². The molecule has 0 fully saturated rings. The van der Waals surface area contributed by atoms with Crippen molar-refractivity contribution in [2.24, 2.45) is 0 Å². The van der Waals surface area contributed by atoms with Crippen LogP contribution in [0.25, 0.3) is 0 Å². The number of hydrogen-bond acceptors (Lipinski definition) is 2. The van der Waals surface area contributed by atoms with Crippen LogP contribution >= 0.6 is 0 Å². The first-order valence-electron chi connectivity index (χ1n) is 5.26. The third-order valence-corrected chi connectivity index (χ3v) is 2.27. The van der Waals surface area contributed by atoms with Crippen LogP contribution in [0.2, 0.25) is 0 Å². The Bertz CT molecular complexity index is 389. The summed E-state index contributed by atoms with van der Waals surface area (Å²) in [6, 6.07) is 0. The Morgan fingerprint density at radius 2 is 2.38 bits per heavy atom. The first kappa shape index (κ1) is 12.6. The predicted molar refractivity (Wildman–Crippen MR) is 61.6 cm³/mol. The number of aliphatic hydroxyl groups excluding tert-OH is 1. The summed E-state index contributed by atoms with van der Waals surface area (Å²) < 4.78 is 14.7. The zero-order valence-electron chi connectivity index (χ0n) is 9.65. The van der Waals surface area contributed by atoms with Crippen LogP contribution in [0, 0.1) is 0 Å². The topological polar surface area (TPSA) is 38.0 Å². The Morgan fingerprint density at radius 1 is 1.62 bits per heavy atom. The second kappa shape index (κ2) is 6.23. The van der Waals surface area contributed by atoms with Crippen LogP contribution in [0.4, 0.5) is 4.39 Å². The Balaban J connectivity index is 2.78.